The van der Waals surface area contributed by atoms with Gasteiger partial charge in [0.05, 0.1) is 23.0 Å². The third kappa shape index (κ3) is 2.26. The van der Waals surface area contributed by atoms with E-state index in [2.05, 4.69) is 15.2 Å². The van der Waals surface area contributed by atoms with Crippen LogP contribution >= 0.6 is 0 Å². The lowest BCUT2D eigenvalue weighted by Crippen LogP contribution is -2.04. The van der Waals surface area contributed by atoms with Gasteiger partial charge < -0.3 is 0 Å². The molecule has 7 heteroatoms. The first kappa shape index (κ1) is 14.6. The average molecular weight is 305 g/mol. The molecule has 0 aliphatic heterocycles. The Labute approximate surface area is 126 Å². The fourth-order valence-corrected chi connectivity index (χ4v) is 2.58. The van der Waals surface area contributed by atoms with Gasteiger partial charge in [0.25, 0.3) is 6.43 Å². The van der Waals surface area contributed by atoms with Gasteiger partial charge in [-0.2, -0.15) is 10.2 Å². The van der Waals surface area contributed by atoms with Gasteiger partial charge in [-0.3, -0.25) is 4.68 Å². The molecule has 22 heavy (non-hydrogen) atoms. The third-order valence-corrected chi connectivity index (χ3v) is 3.59. The highest BCUT2D eigenvalue weighted by molar-refractivity contribution is 5.85. The maximum Gasteiger partial charge on any atom is 0.264 e. The van der Waals surface area contributed by atoms with Crippen molar-refractivity contribution >= 4 is 11.0 Å². The Morgan fingerprint density at radius 3 is 2.50 bits per heavy atom. The summed E-state index contributed by atoms with van der Waals surface area (Å²) in [6, 6.07) is 1.47. The normalized spacial score (nSPS) is 12.0. The monoisotopic (exact) mass is 305 g/mol. The van der Waals surface area contributed by atoms with Crippen molar-refractivity contribution in [3.63, 3.8) is 0 Å². The summed E-state index contributed by atoms with van der Waals surface area (Å²) < 4.78 is 30.3. The van der Waals surface area contributed by atoms with E-state index in [9.17, 15) is 8.78 Å². The first-order chi connectivity index (χ1) is 10.4. The number of aryl methyl sites for hydroxylation is 2. The van der Waals surface area contributed by atoms with Gasteiger partial charge in [0.2, 0.25) is 0 Å². The van der Waals surface area contributed by atoms with Crippen molar-refractivity contribution in [1.29, 1.82) is 0 Å². The van der Waals surface area contributed by atoms with Gasteiger partial charge in [0, 0.05) is 30.4 Å². The van der Waals surface area contributed by atoms with Crippen LogP contribution in [-0.4, -0.2) is 24.5 Å². The maximum atomic E-state index is 13.5. The van der Waals surface area contributed by atoms with E-state index in [0.29, 0.717) is 28.0 Å². The van der Waals surface area contributed by atoms with Crippen LogP contribution in [0.2, 0.25) is 0 Å². The number of aromatic nitrogens is 5. The van der Waals surface area contributed by atoms with Crippen LogP contribution in [0.4, 0.5) is 8.78 Å². The molecule has 0 aliphatic carbocycles. The Morgan fingerprint density at radius 2 is 1.95 bits per heavy atom. The summed E-state index contributed by atoms with van der Waals surface area (Å²) in [4.78, 5) is 4.56. The molecule has 0 atom stereocenters. The Hall–Kier alpha value is -2.31. The average Bonchev–Trinajstić information content (AvgIpc) is 3.02. The molecule has 0 bridgehead atoms. The highest BCUT2D eigenvalue weighted by Crippen LogP contribution is 2.33. The third-order valence-electron chi connectivity index (χ3n) is 3.59. The lowest BCUT2D eigenvalue weighted by atomic mass is 10.1. The van der Waals surface area contributed by atoms with E-state index in [1.54, 1.807) is 35.7 Å². The lowest BCUT2D eigenvalue weighted by Gasteiger charge is -2.09. The molecule has 0 amide bonds. The summed E-state index contributed by atoms with van der Waals surface area (Å²) in [7, 11) is 1.78. The molecule has 3 heterocycles. The summed E-state index contributed by atoms with van der Waals surface area (Å²) in [5.41, 5.74) is 2.22. The summed E-state index contributed by atoms with van der Waals surface area (Å²) in [5.74, 6) is 0. The Morgan fingerprint density at radius 1 is 1.23 bits per heavy atom. The highest BCUT2D eigenvalue weighted by Gasteiger charge is 2.22. The van der Waals surface area contributed by atoms with Gasteiger partial charge in [-0.15, -0.1) is 0 Å². The van der Waals surface area contributed by atoms with E-state index in [0.717, 1.165) is 0 Å². The molecule has 0 aliphatic rings. The first-order valence-electron chi connectivity index (χ1n) is 7.05. The van der Waals surface area contributed by atoms with Crippen LogP contribution in [0, 0.1) is 6.92 Å². The molecule has 3 aromatic rings. The minimum absolute atomic E-state index is 0.0340. The second-order valence-corrected chi connectivity index (χ2v) is 5.62. The molecule has 0 N–H and O–H groups in total. The molecule has 5 nitrogen and oxygen atoms in total. The zero-order valence-corrected chi connectivity index (χ0v) is 12.9. The van der Waals surface area contributed by atoms with Gasteiger partial charge in [-0.25, -0.2) is 18.4 Å². The minimum atomic E-state index is -2.58. The predicted molar refractivity (Wildman–Crippen MR) is 79.8 cm³/mol. The molecule has 0 saturated heterocycles. The largest absolute Gasteiger partial charge is 0.275 e. The Bertz CT molecular complexity index is 832. The SMILES string of the molecule is Cc1nn(C(C)C)c2nc(-c3cnn(C)c3)cc(C(F)F)c12. The van der Waals surface area contributed by atoms with Crippen molar-refractivity contribution in [2.24, 2.45) is 7.05 Å². The second kappa shape index (κ2) is 5.15. The number of nitrogens with zero attached hydrogens (tertiary/aromatic N) is 5. The fraction of sp³-hybridized carbons (Fsp3) is 0.400. The molecule has 0 saturated carbocycles. The summed E-state index contributed by atoms with van der Waals surface area (Å²) in [5, 5.41) is 8.89. The quantitative estimate of drug-likeness (QED) is 0.742. The van der Waals surface area contributed by atoms with Gasteiger partial charge >= 0.3 is 0 Å². The van der Waals surface area contributed by atoms with Crippen LogP contribution in [-0.2, 0) is 7.05 Å². The van der Waals surface area contributed by atoms with Crippen LogP contribution in [0.5, 0.6) is 0 Å². The van der Waals surface area contributed by atoms with Gasteiger partial charge in [-0.05, 0) is 26.8 Å². The van der Waals surface area contributed by atoms with Crippen LogP contribution in [0.1, 0.15) is 37.6 Å². The van der Waals surface area contributed by atoms with Crippen molar-refractivity contribution in [3.8, 4) is 11.3 Å². The molecular weight excluding hydrogens is 288 g/mol. The van der Waals surface area contributed by atoms with E-state index in [-0.39, 0.29) is 11.6 Å². The van der Waals surface area contributed by atoms with E-state index in [4.69, 9.17) is 0 Å². The smallest absolute Gasteiger partial charge is 0.264 e. The van der Waals surface area contributed by atoms with Crippen LogP contribution in [0.15, 0.2) is 18.5 Å². The summed E-state index contributed by atoms with van der Waals surface area (Å²) >= 11 is 0. The van der Waals surface area contributed by atoms with Gasteiger partial charge in [0.15, 0.2) is 5.65 Å². The number of pyridine rings is 1. The number of halogens is 2. The molecule has 0 unspecified atom stereocenters. The fourth-order valence-electron chi connectivity index (χ4n) is 2.58. The number of hydrogen-bond donors (Lipinski definition) is 0. The summed E-state index contributed by atoms with van der Waals surface area (Å²) in [6.07, 6.45) is 0.794. The molecule has 3 aromatic heterocycles. The predicted octanol–water partition coefficient (Wildman–Crippen LogP) is 3.66. The molecule has 3 rings (SSSR count). The summed E-state index contributed by atoms with van der Waals surface area (Å²) in [6.45, 7) is 5.64. The van der Waals surface area contributed by atoms with Crippen molar-refractivity contribution in [2.45, 2.75) is 33.2 Å². The molecule has 0 aromatic carbocycles. The molecule has 0 radical (unpaired) electrons. The van der Waals surface area contributed by atoms with E-state index < -0.39 is 6.43 Å². The second-order valence-electron chi connectivity index (χ2n) is 5.62. The van der Waals surface area contributed by atoms with Crippen LogP contribution < -0.4 is 0 Å². The number of rotatable bonds is 3. The number of fused-ring (bicyclic) bond motifs is 1. The van der Waals surface area contributed by atoms with E-state index in [1.165, 1.54) is 6.07 Å². The Kier molecular flexibility index (Phi) is 3.42. The van der Waals surface area contributed by atoms with E-state index >= 15 is 0 Å². The topological polar surface area (TPSA) is 48.5 Å². The van der Waals surface area contributed by atoms with Crippen molar-refractivity contribution < 1.29 is 8.78 Å². The molecule has 0 fully saturated rings. The van der Waals surface area contributed by atoms with Crippen molar-refractivity contribution in [1.82, 2.24) is 24.5 Å². The van der Waals surface area contributed by atoms with Crippen molar-refractivity contribution in [2.75, 3.05) is 0 Å². The molecular formula is C15H17F2N5. The maximum absolute atomic E-state index is 13.5. The standard InChI is InChI=1S/C15H17F2N5/c1-8(2)22-15-13(9(3)20-22)11(14(16)17)5-12(19-15)10-6-18-21(4)7-10/h5-8,14H,1-4H3. The minimum Gasteiger partial charge on any atom is -0.275 e. The molecule has 116 valence electrons. The highest BCUT2D eigenvalue weighted by atomic mass is 19.3. The van der Waals surface area contributed by atoms with Crippen LogP contribution in [0.3, 0.4) is 0 Å². The van der Waals surface area contributed by atoms with Crippen molar-refractivity contribution in [3.05, 3.63) is 29.7 Å². The van der Waals surface area contributed by atoms with Gasteiger partial charge in [-0.1, -0.05) is 0 Å². The van der Waals surface area contributed by atoms with E-state index in [1.807, 2.05) is 13.8 Å². The Balaban J connectivity index is 2.34. The van der Waals surface area contributed by atoms with Gasteiger partial charge in [0.1, 0.15) is 0 Å². The zero-order chi connectivity index (χ0) is 16.0. The number of alkyl halides is 2. The first-order valence-corrected chi connectivity index (χ1v) is 7.05. The van der Waals surface area contributed by atoms with Crippen LogP contribution in [0.25, 0.3) is 22.3 Å². The molecule has 0 spiro atoms. The lowest BCUT2D eigenvalue weighted by molar-refractivity contribution is 0.153. The zero-order valence-electron chi connectivity index (χ0n) is 12.9. The number of hydrogen-bond acceptors (Lipinski definition) is 3.